The minimum absolute atomic E-state index is 0.124. The highest BCUT2D eigenvalue weighted by molar-refractivity contribution is 6.01. The molecule has 0 aliphatic heterocycles. The van der Waals surface area contributed by atoms with Gasteiger partial charge in [0.2, 0.25) is 0 Å². The molecule has 0 heterocycles. The molecule has 0 aliphatic rings. The maximum absolute atomic E-state index is 12.9. The molecule has 0 saturated heterocycles. The number of benzene rings is 2. The van der Waals surface area contributed by atoms with Crippen LogP contribution in [0.15, 0.2) is 54.6 Å². The number of rotatable bonds is 4. The average molecular weight is 322 g/mol. The van der Waals surface area contributed by atoms with Crippen molar-refractivity contribution in [3.05, 3.63) is 71.3 Å². The van der Waals surface area contributed by atoms with Crippen molar-refractivity contribution in [3.63, 3.8) is 0 Å². The Balaban J connectivity index is 2.43. The van der Waals surface area contributed by atoms with E-state index in [0.29, 0.717) is 5.92 Å². The zero-order valence-electron chi connectivity index (χ0n) is 15.9. The highest BCUT2D eigenvalue weighted by Crippen LogP contribution is 2.38. The predicted molar refractivity (Wildman–Crippen MR) is 103 cm³/mol. The van der Waals surface area contributed by atoms with Crippen LogP contribution in [0.5, 0.6) is 0 Å². The summed E-state index contributed by atoms with van der Waals surface area (Å²) in [5.41, 5.74) is 3.12. The Morgan fingerprint density at radius 3 is 1.92 bits per heavy atom. The maximum atomic E-state index is 12.9. The average Bonchev–Trinajstić information content (AvgIpc) is 2.51. The fraction of sp³-hybridized carbons (Fsp3) is 0.435. The Kier molecular flexibility index (Phi) is 5.32. The number of Topliss-reactive ketones (excluding diaryl/α,β-unsaturated/α-hetero) is 1. The van der Waals surface area contributed by atoms with Crippen molar-refractivity contribution >= 4 is 5.78 Å². The van der Waals surface area contributed by atoms with Crippen molar-refractivity contribution < 1.29 is 4.79 Å². The molecule has 0 fully saturated rings. The molecule has 128 valence electrons. The smallest absolute Gasteiger partial charge is 0.168 e. The normalized spacial score (nSPS) is 13.6. The quantitative estimate of drug-likeness (QED) is 0.605. The molecule has 0 aromatic heterocycles. The van der Waals surface area contributed by atoms with E-state index in [1.54, 1.807) is 0 Å². The molecule has 2 aromatic carbocycles. The molecule has 0 bridgehead atoms. The zero-order chi connectivity index (χ0) is 18.0. The van der Waals surface area contributed by atoms with E-state index >= 15 is 0 Å². The maximum Gasteiger partial charge on any atom is 0.168 e. The topological polar surface area (TPSA) is 17.1 Å². The molecule has 1 heteroatoms. The van der Waals surface area contributed by atoms with E-state index in [0.717, 1.165) is 17.5 Å². The van der Waals surface area contributed by atoms with Crippen LogP contribution in [-0.4, -0.2) is 5.78 Å². The molecule has 0 amide bonds. The Morgan fingerprint density at radius 1 is 0.833 bits per heavy atom. The van der Waals surface area contributed by atoms with Crippen LogP contribution in [0.4, 0.5) is 0 Å². The number of ketones is 1. The molecule has 0 N–H and O–H groups in total. The van der Waals surface area contributed by atoms with Crippen LogP contribution >= 0.6 is 0 Å². The standard InChI is InChI=1S/C23H30O/c1-22(2,3)20(17-12-8-7-9-13-17)16-18-14-10-11-15-19(18)21(24)23(4,5)6/h7-15,20H,16H2,1-6H3. The highest BCUT2D eigenvalue weighted by atomic mass is 16.1. The van der Waals surface area contributed by atoms with E-state index in [1.807, 2.05) is 39.0 Å². The van der Waals surface area contributed by atoms with Gasteiger partial charge >= 0.3 is 0 Å². The second-order valence-corrected chi connectivity index (χ2v) is 8.77. The van der Waals surface area contributed by atoms with Crippen LogP contribution in [0.3, 0.4) is 0 Å². The summed E-state index contributed by atoms with van der Waals surface area (Å²) in [6, 6.07) is 18.7. The van der Waals surface area contributed by atoms with Crippen LogP contribution < -0.4 is 0 Å². The van der Waals surface area contributed by atoms with Gasteiger partial charge in [0, 0.05) is 11.0 Å². The van der Waals surface area contributed by atoms with Gasteiger partial charge in [0.05, 0.1) is 0 Å². The van der Waals surface area contributed by atoms with E-state index in [4.69, 9.17) is 0 Å². The van der Waals surface area contributed by atoms with Gasteiger partial charge < -0.3 is 0 Å². The molecule has 1 nitrogen and oxygen atoms in total. The van der Waals surface area contributed by atoms with E-state index in [9.17, 15) is 4.79 Å². The molecule has 2 rings (SSSR count). The lowest BCUT2D eigenvalue weighted by Crippen LogP contribution is -2.24. The Labute approximate surface area is 147 Å². The monoisotopic (exact) mass is 322 g/mol. The molecule has 1 atom stereocenters. The largest absolute Gasteiger partial charge is 0.294 e. The van der Waals surface area contributed by atoms with Gasteiger partial charge in [-0.05, 0) is 28.9 Å². The Hall–Kier alpha value is -1.89. The molecule has 2 aromatic rings. The second kappa shape index (κ2) is 6.93. The van der Waals surface area contributed by atoms with Crippen LogP contribution in [0, 0.1) is 10.8 Å². The van der Waals surface area contributed by atoms with Crippen molar-refractivity contribution in [1.29, 1.82) is 0 Å². The van der Waals surface area contributed by atoms with Gasteiger partial charge in [0.1, 0.15) is 0 Å². The third-order valence-electron chi connectivity index (χ3n) is 4.61. The molecule has 0 radical (unpaired) electrons. The van der Waals surface area contributed by atoms with Gasteiger partial charge in [-0.2, -0.15) is 0 Å². The van der Waals surface area contributed by atoms with Crippen molar-refractivity contribution in [1.82, 2.24) is 0 Å². The first-order chi connectivity index (χ1) is 11.1. The van der Waals surface area contributed by atoms with Crippen LogP contribution in [-0.2, 0) is 6.42 Å². The molecule has 1 unspecified atom stereocenters. The van der Waals surface area contributed by atoms with Crippen molar-refractivity contribution in [2.45, 2.75) is 53.9 Å². The molecular weight excluding hydrogens is 292 g/mol. The number of carbonyl (C=O) groups is 1. The summed E-state index contributed by atoms with van der Waals surface area (Å²) in [6.45, 7) is 12.8. The van der Waals surface area contributed by atoms with Crippen molar-refractivity contribution in [2.24, 2.45) is 10.8 Å². The summed E-state index contributed by atoms with van der Waals surface area (Å²) in [5.74, 6) is 0.589. The summed E-state index contributed by atoms with van der Waals surface area (Å²) in [7, 11) is 0. The van der Waals surface area contributed by atoms with Gasteiger partial charge in [-0.25, -0.2) is 0 Å². The molecule has 0 aliphatic carbocycles. The van der Waals surface area contributed by atoms with Crippen LogP contribution in [0.2, 0.25) is 0 Å². The molecule has 0 saturated carbocycles. The minimum atomic E-state index is -0.361. The van der Waals surface area contributed by atoms with E-state index < -0.39 is 0 Å². The lowest BCUT2D eigenvalue weighted by atomic mass is 9.72. The summed E-state index contributed by atoms with van der Waals surface area (Å²) in [5, 5.41) is 0. The number of carbonyl (C=O) groups excluding carboxylic acids is 1. The van der Waals surface area contributed by atoms with Gasteiger partial charge in [0.15, 0.2) is 5.78 Å². The highest BCUT2D eigenvalue weighted by Gasteiger charge is 2.30. The molecular formula is C23H30O. The number of hydrogen-bond donors (Lipinski definition) is 0. The minimum Gasteiger partial charge on any atom is -0.294 e. The van der Waals surface area contributed by atoms with Gasteiger partial charge in [-0.3, -0.25) is 4.79 Å². The first-order valence-electron chi connectivity index (χ1n) is 8.78. The fourth-order valence-corrected chi connectivity index (χ4v) is 3.15. The van der Waals surface area contributed by atoms with Gasteiger partial charge in [0.25, 0.3) is 0 Å². The Bertz CT molecular complexity index is 684. The van der Waals surface area contributed by atoms with Crippen LogP contribution in [0.25, 0.3) is 0 Å². The second-order valence-electron chi connectivity index (χ2n) is 8.77. The zero-order valence-corrected chi connectivity index (χ0v) is 15.9. The Morgan fingerprint density at radius 2 is 1.38 bits per heavy atom. The molecule has 0 spiro atoms. The van der Waals surface area contributed by atoms with E-state index in [1.165, 1.54) is 5.56 Å². The first-order valence-corrected chi connectivity index (χ1v) is 8.78. The van der Waals surface area contributed by atoms with Crippen molar-refractivity contribution in [2.75, 3.05) is 0 Å². The third-order valence-corrected chi connectivity index (χ3v) is 4.61. The SMILES string of the molecule is CC(C)(C)C(=O)c1ccccc1CC(c1ccccc1)C(C)(C)C. The van der Waals surface area contributed by atoms with E-state index in [-0.39, 0.29) is 16.6 Å². The van der Waals surface area contributed by atoms with Crippen LogP contribution in [0.1, 0.15) is 68.9 Å². The summed E-state index contributed by atoms with van der Waals surface area (Å²) in [4.78, 5) is 12.9. The summed E-state index contributed by atoms with van der Waals surface area (Å²) < 4.78 is 0. The summed E-state index contributed by atoms with van der Waals surface area (Å²) >= 11 is 0. The fourth-order valence-electron chi connectivity index (χ4n) is 3.15. The third kappa shape index (κ3) is 4.35. The molecule has 24 heavy (non-hydrogen) atoms. The lowest BCUT2D eigenvalue weighted by molar-refractivity contribution is 0.0857. The lowest BCUT2D eigenvalue weighted by Gasteiger charge is -2.32. The van der Waals surface area contributed by atoms with Gasteiger partial charge in [-0.1, -0.05) is 96.1 Å². The first kappa shape index (κ1) is 18.4. The number of hydrogen-bond acceptors (Lipinski definition) is 1. The van der Waals surface area contributed by atoms with Crippen molar-refractivity contribution in [3.8, 4) is 0 Å². The summed E-state index contributed by atoms with van der Waals surface area (Å²) in [6.07, 6.45) is 0.880. The van der Waals surface area contributed by atoms with E-state index in [2.05, 4.69) is 57.2 Å². The van der Waals surface area contributed by atoms with Gasteiger partial charge in [-0.15, -0.1) is 0 Å². The predicted octanol–water partition coefficient (Wildman–Crippen LogP) is 6.29.